The smallest absolute Gasteiger partial charge is 0.244 e. The van der Waals surface area contributed by atoms with Gasteiger partial charge >= 0.3 is 0 Å². The predicted molar refractivity (Wildman–Crippen MR) is 105 cm³/mol. The van der Waals surface area contributed by atoms with Gasteiger partial charge in [0.25, 0.3) is 0 Å². The van der Waals surface area contributed by atoms with E-state index in [0.717, 1.165) is 24.7 Å². The van der Waals surface area contributed by atoms with E-state index in [4.69, 9.17) is 4.74 Å². The third kappa shape index (κ3) is 3.94. The van der Waals surface area contributed by atoms with Crippen LogP contribution in [0.2, 0.25) is 0 Å². The second-order valence-electron chi connectivity index (χ2n) is 6.81. The molecule has 2 fully saturated rings. The van der Waals surface area contributed by atoms with Crippen molar-refractivity contribution in [3.8, 4) is 0 Å². The monoisotopic (exact) mass is 404 g/mol. The first-order valence-electron chi connectivity index (χ1n) is 9.37. The van der Waals surface area contributed by atoms with Crippen LogP contribution >= 0.6 is 0 Å². The number of anilines is 2. The molecule has 2 aromatic rings. The van der Waals surface area contributed by atoms with E-state index in [1.165, 1.54) is 10.5 Å². The average Bonchev–Trinajstić information content (AvgIpc) is 2.75. The summed E-state index contributed by atoms with van der Waals surface area (Å²) < 4.78 is 32.5. The molecule has 28 heavy (non-hydrogen) atoms. The third-order valence-electron chi connectivity index (χ3n) is 4.98. The van der Waals surface area contributed by atoms with E-state index >= 15 is 0 Å². The summed E-state index contributed by atoms with van der Waals surface area (Å²) in [4.78, 5) is 17.6. The molecule has 2 saturated heterocycles. The SMILES string of the molecule is Cc1nc(N2CCOCC2)cc(N2CCN(S(=O)(=O)c3cccnc3)CC2)n1. The van der Waals surface area contributed by atoms with Crippen molar-refractivity contribution in [2.75, 3.05) is 62.3 Å². The average molecular weight is 404 g/mol. The molecule has 0 N–H and O–H groups in total. The summed E-state index contributed by atoms with van der Waals surface area (Å²) >= 11 is 0. The number of rotatable bonds is 4. The highest BCUT2D eigenvalue weighted by atomic mass is 32.2. The van der Waals surface area contributed by atoms with Gasteiger partial charge in [0.15, 0.2) is 0 Å². The van der Waals surface area contributed by atoms with Crippen LogP contribution in [0.3, 0.4) is 0 Å². The Bertz CT molecular complexity index is 910. The van der Waals surface area contributed by atoms with Crippen LogP contribution in [0.1, 0.15) is 5.82 Å². The van der Waals surface area contributed by atoms with Gasteiger partial charge in [-0.1, -0.05) is 0 Å². The molecular formula is C18H24N6O3S. The molecule has 10 heteroatoms. The molecule has 0 bridgehead atoms. The largest absolute Gasteiger partial charge is 0.378 e. The third-order valence-corrected chi connectivity index (χ3v) is 6.86. The molecule has 0 saturated carbocycles. The van der Waals surface area contributed by atoms with Crippen molar-refractivity contribution in [3.05, 3.63) is 36.4 Å². The second kappa shape index (κ2) is 7.98. The van der Waals surface area contributed by atoms with Crippen molar-refractivity contribution in [2.45, 2.75) is 11.8 Å². The van der Waals surface area contributed by atoms with Gasteiger partial charge in [0, 0.05) is 57.7 Å². The minimum atomic E-state index is -3.51. The molecule has 0 aliphatic carbocycles. The van der Waals surface area contributed by atoms with Crippen LogP contribution in [-0.2, 0) is 14.8 Å². The Kier molecular flexibility index (Phi) is 5.42. The highest BCUT2D eigenvalue weighted by Gasteiger charge is 2.29. The lowest BCUT2D eigenvalue weighted by Gasteiger charge is -2.35. The summed E-state index contributed by atoms with van der Waals surface area (Å²) in [6.07, 6.45) is 2.96. The maximum absolute atomic E-state index is 12.8. The highest BCUT2D eigenvalue weighted by molar-refractivity contribution is 7.89. The number of nitrogens with zero attached hydrogens (tertiary/aromatic N) is 6. The van der Waals surface area contributed by atoms with Crippen LogP contribution in [0, 0.1) is 6.92 Å². The number of aryl methyl sites for hydroxylation is 1. The predicted octanol–water partition coefficient (Wildman–Crippen LogP) is 0.528. The first-order chi connectivity index (χ1) is 13.5. The quantitative estimate of drug-likeness (QED) is 0.729. The molecule has 150 valence electrons. The lowest BCUT2D eigenvalue weighted by Crippen LogP contribution is -2.49. The van der Waals surface area contributed by atoms with E-state index in [1.807, 2.05) is 13.0 Å². The van der Waals surface area contributed by atoms with Crippen LogP contribution in [0.25, 0.3) is 0 Å². The van der Waals surface area contributed by atoms with E-state index in [2.05, 4.69) is 24.8 Å². The van der Waals surface area contributed by atoms with Crippen molar-refractivity contribution >= 4 is 21.7 Å². The Labute approximate surface area is 165 Å². The number of pyridine rings is 1. The fraction of sp³-hybridized carbons (Fsp3) is 0.500. The molecule has 9 nitrogen and oxygen atoms in total. The highest BCUT2D eigenvalue weighted by Crippen LogP contribution is 2.23. The van der Waals surface area contributed by atoms with Crippen molar-refractivity contribution < 1.29 is 13.2 Å². The minimum absolute atomic E-state index is 0.232. The molecule has 0 spiro atoms. The van der Waals surface area contributed by atoms with Crippen LogP contribution in [0.15, 0.2) is 35.5 Å². The second-order valence-corrected chi connectivity index (χ2v) is 8.75. The van der Waals surface area contributed by atoms with Crippen LogP contribution < -0.4 is 9.80 Å². The fourth-order valence-electron chi connectivity index (χ4n) is 3.46. The summed E-state index contributed by atoms with van der Waals surface area (Å²) in [6, 6.07) is 5.21. The number of morpholine rings is 1. The number of aromatic nitrogens is 3. The van der Waals surface area contributed by atoms with Gasteiger partial charge in [-0.15, -0.1) is 0 Å². The van der Waals surface area contributed by atoms with E-state index in [9.17, 15) is 8.42 Å². The number of ether oxygens (including phenoxy) is 1. The van der Waals surface area contributed by atoms with Gasteiger partial charge in [-0.25, -0.2) is 18.4 Å². The van der Waals surface area contributed by atoms with Crippen LogP contribution in [0.4, 0.5) is 11.6 Å². The molecule has 0 radical (unpaired) electrons. The fourth-order valence-corrected chi connectivity index (χ4v) is 4.85. The van der Waals surface area contributed by atoms with Crippen LogP contribution in [-0.4, -0.2) is 80.2 Å². The molecule has 4 heterocycles. The Balaban J connectivity index is 1.47. The molecular weight excluding hydrogens is 380 g/mol. The maximum Gasteiger partial charge on any atom is 0.244 e. The normalized spacial score (nSPS) is 19.0. The van der Waals surface area contributed by atoms with E-state index < -0.39 is 10.0 Å². The standard InChI is InChI=1S/C18H24N6O3S/c1-15-20-17(13-18(21-15)23-9-11-27-12-10-23)22-5-7-24(8-6-22)28(25,26)16-3-2-4-19-14-16/h2-4,13-14H,5-12H2,1H3. The minimum Gasteiger partial charge on any atom is -0.378 e. The van der Waals surface area contributed by atoms with E-state index in [-0.39, 0.29) is 4.90 Å². The molecule has 0 atom stereocenters. The molecule has 4 rings (SSSR count). The molecule has 0 unspecified atom stereocenters. The number of hydrogen-bond acceptors (Lipinski definition) is 8. The molecule has 2 aromatic heterocycles. The van der Waals surface area contributed by atoms with Crippen molar-refractivity contribution in [1.29, 1.82) is 0 Å². The van der Waals surface area contributed by atoms with Gasteiger partial charge in [-0.05, 0) is 19.1 Å². The van der Waals surface area contributed by atoms with Gasteiger partial charge in [-0.3, -0.25) is 4.98 Å². The molecule has 2 aliphatic heterocycles. The van der Waals surface area contributed by atoms with Gasteiger partial charge in [0.05, 0.1) is 13.2 Å². The maximum atomic E-state index is 12.8. The zero-order valence-corrected chi connectivity index (χ0v) is 16.7. The summed E-state index contributed by atoms with van der Waals surface area (Å²) in [6.45, 7) is 6.89. The summed E-state index contributed by atoms with van der Waals surface area (Å²) in [7, 11) is -3.51. The van der Waals surface area contributed by atoms with Gasteiger partial charge in [0.1, 0.15) is 22.4 Å². The van der Waals surface area contributed by atoms with E-state index in [1.54, 1.807) is 18.3 Å². The topological polar surface area (TPSA) is 91.8 Å². The van der Waals surface area contributed by atoms with Crippen molar-refractivity contribution in [3.63, 3.8) is 0 Å². The first-order valence-corrected chi connectivity index (χ1v) is 10.8. The summed E-state index contributed by atoms with van der Waals surface area (Å²) in [5, 5.41) is 0. The number of piperazine rings is 1. The summed E-state index contributed by atoms with van der Waals surface area (Å²) in [5.41, 5.74) is 0. The molecule has 2 aliphatic rings. The Morgan fingerprint density at radius 1 is 0.964 bits per heavy atom. The molecule has 0 aromatic carbocycles. The Morgan fingerprint density at radius 2 is 1.61 bits per heavy atom. The number of sulfonamides is 1. The summed E-state index contributed by atoms with van der Waals surface area (Å²) in [5.74, 6) is 2.45. The molecule has 0 amide bonds. The van der Waals surface area contributed by atoms with Gasteiger partial charge in [-0.2, -0.15) is 4.31 Å². The Morgan fingerprint density at radius 3 is 2.21 bits per heavy atom. The zero-order chi connectivity index (χ0) is 19.6. The number of hydrogen-bond donors (Lipinski definition) is 0. The lowest BCUT2D eigenvalue weighted by atomic mass is 10.3. The first kappa shape index (κ1) is 19.0. The van der Waals surface area contributed by atoms with Gasteiger partial charge in [0.2, 0.25) is 10.0 Å². The Hall–Kier alpha value is -2.30. The van der Waals surface area contributed by atoms with Gasteiger partial charge < -0.3 is 14.5 Å². The van der Waals surface area contributed by atoms with Crippen LogP contribution in [0.5, 0.6) is 0 Å². The van der Waals surface area contributed by atoms with Crippen molar-refractivity contribution in [1.82, 2.24) is 19.3 Å². The zero-order valence-electron chi connectivity index (χ0n) is 15.9. The lowest BCUT2D eigenvalue weighted by molar-refractivity contribution is 0.122. The van der Waals surface area contributed by atoms with E-state index in [0.29, 0.717) is 45.2 Å². The van der Waals surface area contributed by atoms with Crippen molar-refractivity contribution in [2.24, 2.45) is 0 Å².